The lowest BCUT2D eigenvalue weighted by molar-refractivity contribution is -0.169. The van der Waals surface area contributed by atoms with Gasteiger partial charge in [0.15, 0.2) is 5.78 Å². The molecule has 0 saturated carbocycles. The van der Waals surface area contributed by atoms with Crippen LogP contribution in [0.3, 0.4) is 0 Å². The van der Waals surface area contributed by atoms with Crippen LogP contribution >= 0.6 is 0 Å². The summed E-state index contributed by atoms with van der Waals surface area (Å²) in [6.45, 7) is 0.646. The Morgan fingerprint density at radius 3 is 3.00 bits per heavy atom. The quantitative estimate of drug-likeness (QED) is 0.819. The Balaban J connectivity index is 1.95. The topological polar surface area (TPSA) is 44.8 Å². The molecule has 1 fully saturated rings. The first-order chi connectivity index (χ1) is 9.29. The fourth-order valence-corrected chi connectivity index (χ4v) is 2.53. The van der Waals surface area contributed by atoms with Crippen LogP contribution in [0.5, 0.6) is 5.75 Å². The summed E-state index contributed by atoms with van der Waals surface area (Å²) in [5.41, 5.74) is 0.783. The van der Waals surface area contributed by atoms with Gasteiger partial charge in [0, 0.05) is 6.08 Å². The Hall–Kier alpha value is -1.81. The number of methoxy groups -OCH3 is 1. The largest absolute Gasteiger partial charge is 0.496 e. The smallest absolute Gasteiger partial charge is 0.210 e. The van der Waals surface area contributed by atoms with Crippen molar-refractivity contribution in [3.8, 4) is 5.75 Å². The van der Waals surface area contributed by atoms with Crippen LogP contribution in [0.1, 0.15) is 18.4 Å². The van der Waals surface area contributed by atoms with Gasteiger partial charge in [0.2, 0.25) is 6.29 Å². The van der Waals surface area contributed by atoms with Gasteiger partial charge in [0.25, 0.3) is 0 Å². The van der Waals surface area contributed by atoms with E-state index in [2.05, 4.69) is 0 Å². The number of ketones is 1. The van der Waals surface area contributed by atoms with E-state index in [1.165, 1.54) is 0 Å². The Morgan fingerprint density at radius 1 is 1.32 bits per heavy atom. The molecule has 0 unspecified atom stereocenters. The van der Waals surface area contributed by atoms with Crippen molar-refractivity contribution < 1.29 is 19.0 Å². The Labute approximate surface area is 112 Å². The predicted molar refractivity (Wildman–Crippen MR) is 69.5 cm³/mol. The number of carbonyl (C=O) groups is 1. The lowest BCUT2D eigenvalue weighted by Gasteiger charge is -2.34. The van der Waals surface area contributed by atoms with E-state index in [1.54, 1.807) is 13.2 Å². The van der Waals surface area contributed by atoms with Crippen molar-refractivity contribution >= 4 is 11.5 Å². The number of para-hydroxylation sites is 1. The van der Waals surface area contributed by atoms with Crippen molar-refractivity contribution in [2.75, 3.05) is 13.7 Å². The zero-order valence-corrected chi connectivity index (χ0v) is 10.8. The predicted octanol–water partition coefficient (Wildman–Crippen LogP) is 2.39. The fraction of sp³-hybridized carbons (Fsp3) is 0.400. The highest BCUT2D eigenvalue weighted by Crippen LogP contribution is 2.35. The van der Waals surface area contributed by atoms with E-state index in [4.69, 9.17) is 14.2 Å². The second-order valence-electron chi connectivity index (χ2n) is 4.72. The van der Waals surface area contributed by atoms with Gasteiger partial charge in [-0.2, -0.15) is 0 Å². The first-order valence-electron chi connectivity index (χ1n) is 6.47. The highest BCUT2D eigenvalue weighted by atomic mass is 16.7. The van der Waals surface area contributed by atoms with Crippen LogP contribution in [-0.4, -0.2) is 25.8 Å². The number of rotatable bonds is 2. The van der Waals surface area contributed by atoms with Gasteiger partial charge in [-0.3, -0.25) is 4.79 Å². The van der Waals surface area contributed by atoms with Gasteiger partial charge in [-0.25, -0.2) is 0 Å². The van der Waals surface area contributed by atoms with Crippen molar-refractivity contribution in [1.29, 1.82) is 0 Å². The average Bonchev–Trinajstić information content (AvgIpc) is 2.47. The third kappa shape index (κ3) is 2.24. The van der Waals surface area contributed by atoms with Gasteiger partial charge in [0.05, 0.1) is 25.2 Å². The Bertz CT molecular complexity index is 521. The molecular formula is C15H16O4. The first-order valence-corrected chi connectivity index (χ1v) is 6.47. The molecule has 0 aliphatic carbocycles. The Morgan fingerprint density at radius 2 is 2.16 bits per heavy atom. The van der Waals surface area contributed by atoms with Crippen LogP contribution in [0.15, 0.2) is 30.3 Å². The molecule has 19 heavy (non-hydrogen) atoms. The fourth-order valence-electron chi connectivity index (χ4n) is 2.53. The van der Waals surface area contributed by atoms with Gasteiger partial charge < -0.3 is 14.2 Å². The minimum Gasteiger partial charge on any atom is -0.496 e. The highest BCUT2D eigenvalue weighted by molar-refractivity contribution is 5.99. The van der Waals surface area contributed by atoms with E-state index in [9.17, 15) is 4.79 Å². The van der Waals surface area contributed by atoms with E-state index in [1.807, 2.05) is 24.3 Å². The normalized spacial score (nSPS) is 26.2. The van der Waals surface area contributed by atoms with E-state index >= 15 is 0 Å². The molecule has 2 aliphatic rings. The lowest BCUT2D eigenvalue weighted by atomic mass is 9.92. The minimum atomic E-state index is -0.453. The molecule has 100 valence electrons. The zero-order valence-electron chi connectivity index (χ0n) is 10.8. The van der Waals surface area contributed by atoms with Crippen LogP contribution in [0.4, 0.5) is 0 Å². The summed E-state index contributed by atoms with van der Waals surface area (Å²) in [6.07, 6.45) is 2.85. The van der Waals surface area contributed by atoms with Crippen molar-refractivity contribution in [3.05, 3.63) is 35.9 Å². The number of benzene rings is 1. The maximum Gasteiger partial charge on any atom is 0.210 e. The second-order valence-corrected chi connectivity index (χ2v) is 4.72. The number of hydrogen-bond acceptors (Lipinski definition) is 4. The first kappa shape index (κ1) is 12.2. The molecule has 4 heteroatoms. The number of fused-ring (bicyclic) bond motifs is 1. The average molecular weight is 260 g/mol. The lowest BCUT2D eigenvalue weighted by Crippen LogP contribution is -2.39. The van der Waals surface area contributed by atoms with Crippen LogP contribution < -0.4 is 4.74 Å². The molecule has 0 N–H and O–H groups in total. The van der Waals surface area contributed by atoms with E-state index in [-0.39, 0.29) is 11.7 Å². The standard InChI is InChI=1S/C15H16O4/c1-17-13-7-3-2-5-11(13)14-9-12(16)10-6-4-8-18-15(10)19-14/h2-3,5,7,9-10,15H,4,6,8H2,1H3/t10-,15+/m0/s1. The van der Waals surface area contributed by atoms with Crippen molar-refractivity contribution in [3.63, 3.8) is 0 Å². The van der Waals surface area contributed by atoms with Crippen LogP contribution in [-0.2, 0) is 14.3 Å². The number of carbonyl (C=O) groups excluding carboxylic acids is 1. The van der Waals surface area contributed by atoms with Gasteiger partial charge in [-0.1, -0.05) is 12.1 Å². The van der Waals surface area contributed by atoms with E-state index < -0.39 is 6.29 Å². The molecule has 1 saturated heterocycles. The summed E-state index contributed by atoms with van der Waals surface area (Å²) in [7, 11) is 1.60. The maximum absolute atomic E-state index is 12.1. The molecule has 2 aliphatic heterocycles. The monoisotopic (exact) mass is 260 g/mol. The van der Waals surface area contributed by atoms with Gasteiger partial charge in [-0.15, -0.1) is 0 Å². The molecule has 2 heterocycles. The summed E-state index contributed by atoms with van der Waals surface area (Å²) in [4.78, 5) is 12.1. The molecule has 0 bridgehead atoms. The van der Waals surface area contributed by atoms with Crippen molar-refractivity contribution in [2.45, 2.75) is 19.1 Å². The van der Waals surface area contributed by atoms with Crippen LogP contribution in [0.2, 0.25) is 0 Å². The molecular weight excluding hydrogens is 244 g/mol. The van der Waals surface area contributed by atoms with Gasteiger partial charge >= 0.3 is 0 Å². The number of allylic oxidation sites excluding steroid dienone is 1. The van der Waals surface area contributed by atoms with Crippen molar-refractivity contribution in [2.24, 2.45) is 5.92 Å². The van der Waals surface area contributed by atoms with Crippen molar-refractivity contribution in [1.82, 2.24) is 0 Å². The van der Waals surface area contributed by atoms with E-state index in [0.29, 0.717) is 18.1 Å². The number of ether oxygens (including phenoxy) is 3. The molecule has 4 nitrogen and oxygen atoms in total. The Kier molecular flexibility index (Phi) is 3.25. The molecule has 3 rings (SSSR count). The maximum atomic E-state index is 12.1. The molecule has 0 spiro atoms. The molecule has 1 aromatic carbocycles. The van der Waals surface area contributed by atoms with Gasteiger partial charge in [0.1, 0.15) is 11.5 Å². The second kappa shape index (κ2) is 5.05. The molecule has 0 radical (unpaired) electrons. The highest BCUT2D eigenvalue weighted by Gasteiger charge is 2.37. The zero-order chi connectivity index (χ0) is 13.2. The molecule has 2 atom stereocenters. The number of hydrogen-bond donors (Lipinski definition) is 0. The molecule has 0 amide bonds. The minimum absolute atomic E-state index is 0.0804. The van der Waals surface area contributed by atoms with E-state index in [0.717, 1.165) is 18.4 Å². The summed E-state index contributed by atoms with van der Waals surface area (Å²) in [5, 5.41) is 0. The molecule has 1 aromatic rings. The molecule has 0 aromatic heterocycles. The SMILES string of the molecule is COc1ccccc1C1=CC(=O)[C@@H]2CCCO[C@@H]2O1. The third-order valence-electron chi connectivity index (χ3n) is 3.52. The summed E-state index contributed by atoms with van der Waals surface area (Å²) in [6, 6.07) is 7.49. The van der Waals surface area contributed by atoms with Crippen LogP contribution in [0, 0.1) is 5.92 Å². The third-order valence-corrected chi connectivity index (χ3v) is 3.52. The summed E-state index contributed by atoms with van der Waals surface area (Å²) in [5.74, 6) is 1.14. The van der Waals surface area contributed by atoms with Crippen LogP contribution in [0.25, 0.3) is 5.76 Å². The van der Waals surface area contributed by atoms with Gasteiger partial charge in [-0.05, 0) is 25.0 Å². The summed E-state index contributed by atoms with van der Waals surface area (Å²) < 4.78 is 16.7. The summed E-state index contributed by atoms with van der Waals surface area (Å²) >= 11 is 0.